The normalized spacial score (nSPS) is 11.8. The zero-order chi connectivity index (χ0) is 25.8. The zero-order valence-corrected chi connectivity index (χ0v) is 20.4. The highest BCUT2D eigenvalue weighted by atomic mass is 16.5. The summed E-state index contributed by atoms with van der Waals surface area (Å²) in [7, 11) is -1.74. The first-order chi connectivity index (χ1) is 16.8. The molecule has 0 aliphatic rings. The van der Waals surface area contributed by atoms with Gasteiger partial charge in [-0.15, -0.1) is 0 Å². The molecule has 0 saturated carbocycles. The second-order valence-corrected chi connectivity index (χ2v) is 8.13. The van der Waals surface area contributed by atoms with Crippen molar-refractivity contribution in [2.24, 2.45) is 0 Å². The fraction of sp³-hybridized carbons (Fsp3) is 0.346. The van der Waals surface area contributed by atoms with Gasteiger partial charge in [-0.1, -0.05) is 54.1 Å². The van der Waals surface area contributed by atoms with E-state index in [9.17, 15) is 24.9 Å². The van der Waals surface area contributed by atoms with Crippen molar-refractivity contribution in [3.63, 3.8) is 0 Å². The van der Waals surface area contributed by atoms with Crippen LogP contribution in [0.15, 0.2) is 54.1 Å². The molecule has 2 amide bonds. The maximum atomic E-state index is 12.5. The number of hydrogen-bond donors (Lipinski definition) is 3. The molecule has 0 saturated heterocycles. The molecule has 0 heterocycles. The number of nitrogens with zero attached hydrogens (tertiary/aromatic N) is 2. The zero-order valence-electron chi connectivity index (χ0n) is 20.4. The Morgan fingerprint density at radius 1 is 1.14 bits per heavy atom. The first-order valence-electron chi connectivity index (χ1n) is 11.6. The van der Waals surface area contributed by atoms with Crippen LogP contribution in [0.4, 0.5) is 4.79 Å². The first kappa shape index (κ1) is 27.6. The highest BCUT2D eigenvalue weighted by Crippen LogP contribution is 2.13. The number of likely N-dealkylation sites (N-methyl/N-ethyl adjacent to an activating group) is 1. The van der Waals surface area contributed by atoms with E-state index in [1.807, 2.05) is 63.2 Å². The Morgan fingerprint density at radius 2 is 1.83 bits per heavy atom. The van der Waals surface area contributed by atoms with Gasteiger partial charge >= 0.3 is 13.2 Å². The summed E-state index contributed by atoms with van der Waals surface area (Å²) >= 11 is 0. The van der Waals surface area contributed by atoms with E-state index in [4.69, 9.17) is 4.74 Å². The smallest absolute Gasteiger partial charge is 0.449 e. The predicted molar refractivity (Wildman–Crippen MR) is 135 cm³/mol. The van der Waals surface area contributed by atoms with Crippen molar-refractivity contribution in [1.29, 1.82) is 5.26 Å². The number of aryl methyl sites for hydroxylation is 1. The van der Waals surface area contributed by atoms with Gasteiger partial charge in [0.2, 0.25) is 0 Å². The quantitative estimate of drug-likeness (QED) is 0.260. The highest BCUT2D eigenvalue weighted by Gasteiger charge is 2.26. The summed E-state index contributed by atoms with van der Waals surface area (Å²) in [5, 5.41) is 31.2. The van der Waals surface area contributed by atoms with Crippen molar-refractivity contribution in [2.75, 3.05) is 19.7 Å². The van der Waals surface area contributed by atoms with Crippen molar-refractivity contribution < 1.29 is 24.4 Å². The Kier molecular flexibility index (Phi) is 11.0. The third-order valence-corrected chi connectivity index (χ3v) is 5.53. The largest absolute Gasteiger partial charge is 0.475 e. The van der Waals surface area contributed by atoms with Crippen LogP contribution in [-0.4, -0.2) is 59.7 Å². The summed E-state index contributed by atoms with van der Waals surface area (Å²) in [5.74, 6) is -1.22. The van der Waals surface area contributed by atoms with E-state index >= 15 is 0 Å². The molecule has 0 aromatic heterocycles. The number of carbonyl (C=O) groups is 2. The van der Waals surface area contributed by atoms with Crippen LogP contribution in [-0.2, 0) is 22.4 Å². The average Bonchev–Trinajstić information content (AvgIpc) is 2.84. The lowest BCUT2D eigenvalue weighted by molar-refractivity contribution is -0.126. The molecule has 184 valence electrons. The van der Waals surface area contributed by atoms with Gasteiger partial charge in [-0.05, 0) is 50.0 Å². The summed E-state index contributed by atoms with van der Waals surface area (Å²) in [6.07, 6.45) is 1.46. The molecule has 0 bridgehead atoms. The fourth-order valence-electron chi connectivity index (χ4n) is 3.49. The lowest BCUT2D eigenvalue weighted by Crippen LogP contribution is -2.48. The molecule has 2 rings (SSSR count). The number of carbonyl (C=O) groups excluding carboxylic acids is 2. The van der Waals surface area contributed by atoms with E-state index in [2.05, 4.69) is 5.32 Å². The van der Waals surface area contributed by atoms with Crippen molar-refractivity contribution in [3.8, 4) is 6.07 Å². The van der Waals surface area contributed by atoms with Gasteiger partial charge in [-0.3, -0.25) is 4.79 Å². The van der Waals surface area contributed by atoms with E-state index in [1.54, 1.807) is 23.1 Å². The lowest BCUT2D eigenvalue weighted by Gasteiger charge is -2.18. The van der Waals surface area contributed by atoms with E-state index in [-0.39, 0.29) is 24.5 Å². The van der Waals surface area contributed by atoms with Gasteiger partial charge in [0.15, 0.2) is 0 Å². The molecule has 3 N–H and O–H groups in total. The second-order valence-electron chi connectivity index (χ2n) is 8.13. The maximum absolute atomic E-state index is 12.5. The summed E-state index contributed by atoms with van der Waals surface area (Å²) in [6, 6.07) is 16.8. The standard InChI is InChI=1S/C26H32BN3O5/c1-4-30(5-2)25(31)23(18-28)16-22-8-6-7-20(15-22)13-14-35-26(32)29-24(27(33)34)17-21-11-9-19(3)10-12-21/h6-12,15-16,24,33-34H,4-5,13-14,17H2,1-3H3,(H,29,32). The molecular formula is C26H32BN3O5. The van der Waals surface area contributed by atoms with Crippen LogP contribution >= 0.6 is 0 Å². The Bertz CT molecular complexity index is 1060. The van der Waals surface area contributed by atoms with Crippen molar-refractivity contribution in [1.82, 2.24) is 10.2 Å². The third kappa shape index (κ3) is 8.93. The summed E-state index contributed by atoms with van der Waals surface area (Å²) in [4.78, 5) is 26.3. The molecule has 8 nitrogen and oxygen atoms in total. The molecule has 1 unspecified atom stereocenters. The molecule has 0 fully saturated rings. The molecule has 9 heteroatoms. The molecule has 0 aliphatic carbocycles. The third-order valence-electron chi connectivity index (χ3n) is 5.53. The van der Waals surface area contributed by atoms with Crippen LogP contribution in [0.5, 0.6) is 0 Å². The number of benzene rings is 2. The number of ether oxygens (including phenoxy) is 1. The molecule has 0 aliphatic heterocycles. The lowest BCUT2D eigenvalue weighted by atomic mass is 9.76. The minimum Gasteiger partial charge on any atom is -0.449 e. The summed E-state index contributed by atoms with van der Waals surface area (Å²) in [5.41, 5.74) is 3.56. The van der Waals surface area contributed by atoms with Crippen LogP contribution in [0, 0.1) is 18.3 Å². The minimum atomic E-state index is -1.74. The van der Waals surface area contributed by atoms with E-state index in [0.717, 1.165) is 16.7 Å². The minimum absolute atomic E-state index is 0.0589. The van der Waals surface area contributed by atoms with Crippen LogP contribution in [0.3, 0.4) is 0 Å². The Hall–Kier alpha value is -3.61. The molecule has 35 heavy (non-hydrogen) atoms. The predicted octanol–water partition coefficient (Wildman–Crippen LogP) is 2.66. The number of amides is 2. The van der Waals surface area contributed by atoms with Crippen molar-refractivity contribution in [2.45, 2.75) is 39.6 Å². The Labute approximate surface area is 207 Å². The second kappa shape index (κ2) is 13.9. The summed E-state index contributed by atoms with van der Waals surface area (Å²) in [6.45, 7) is 6.79. The van der Waals surface area contributed by atoms with Crippen molar-refractivity contribution >= 4 is 25.2 Å². The fourth-order valence-corrected chi connectivity index (χ4v) is 3.49. The number of hydrogen-bond acceptors (Lipinski definition) is 6. The number of alkyl carbamates (subject to hydrolysis) is 1. The van der Waals surface area contributed by atoms with Crippen LogP contribution < -0.4 is 5.32 Å². The molecule has 2 aromatic rings. The van der Waals surface area contributed by atoms with Crippen LogP contribution in [0.1, 0.15) is 36.1 Å². The molecule has 2 aromatic carbocycles. The van der Waals surface area contributed by atoms with Crippen molar-refractivity contribution in [3.05, 3.63) is 76.4 Å². The van der Waals surface area contributed by atoms with E-state index < -0.39 is 19.2 Å². The average molecular weight is 477 g/mol. The molecular weight excluding hydrogens is 445 g/mol. The van der Waals surface area contributed by atoms with Gasteiger partial charge in [0.1, 0.15) is 11.6 Å². The Morgan fingerprint density at radius 3 is 2.43 bits per heavy atom. The summed E-state index contributed by atoms with van der Waals surface area (Å²) < 4.78 is 5.22. The highest BCUT2D eigenvalue weighted by molar-refractivity contribution is 6.43. The molecule has 0 spiro atoms. The monoisotopic (exact) mass is 477 g/mol. The topological polar surface area (TPSA) is 123 Å². The molecule has 1 atom stereocenters. The SMILES string of the molecule is CCN(CC)C(=O)C(C#N)=Cc1cccc(CCOC(=O)NC(Cc2ccc(C)cc2)B(O)O)c1. The van der Waals surface area contributed by atoms with Gasteiger partial charge in [0, 0.05) is 19.5 Å². The molecule has 0 radical (unpaired) electrons. The van der Waals surface area contributed by atoms with Crippen LogP contribution in [0.25, 0.3) is 6.08 Å². The van der Waals surface area contributed by atoms with Gasteiger partial charge in [-0.2, -0.15) is 5.26 Å². The van der Waals surface area contributed by atoms with E-state index in [0.29, 0.717) is 25.1 Å². The number of rotatable bonds is 11. The first-order valence-corrected chi connectivity index (χ1v) is 11.6. The number of nitriles is 1. The van der Waals surface area contributed by atoms with Gasteiger partial charge < -0.3 is 25.0 Å². The van der Waals surface area contributed by atoms with Gasteiger partial charge in [0.05, 0.1) is 12.5 Å². The number of nitrogens with one attached hydrogen (secondary N) is 1. The Balaban J connectivity index is 1.94. The van der Waals surface area contributed by atoms with Crippen LogP contribution in [0.2, 0.25) is 0 Å². The van der Waals surface area contributed by atoms with Gasteiger partial charge in [-0.25, -0.2) is 4.79 Å². The maximum Gasteiger partial charge on any atom is 0.475 e. The van der Waals surface area contributed by atoms with E-state index in [1.165, 1.54) is 0 Å². The van der Waals surface area contributed by atoms with Gasteiger partial charge in [0.25, 0.3) is 5.91 Å².